The van der Waals surface area contributed by atoms with Gasteiger partial charge >= 0.3 is 5.97 Å². The molecule has 0 aliphatic rings. The highest BCUT2D eigenvalue weighted by Crippen LogP contribution is 2.26. The Morgan fingerprint density at radius 1 is 0.846 bits per heavy atom. The van der Waals surface area contributed by atoms with E-state index >= 15 is 0 Å². The van der Waals surface area contributed by atoms with Crippen molar-refractivity contribution >= 4 is 5.97 Å². The highest BCUT2D eigenvalue weighted by molar-refractivity contribution is 5.91. The van der Waals surface area contributed by atoms with Crippen LogP contribution in [0.15, 0.2) is 72.8 Å². The zero-order valence-corrected chi connectivity index (χ0v) is 14.8. The topological polar surface area (TPSA) is 44.8 Å². The van der Waals surface area contributed by atoms with E-state index in [1.54, 1.807) is 31.4 Å². The fourth-order valence-electron chi connectivity index (χ4n) is 2.41. The molecule has 0 saturated heterocycles. The fraction of sp³-hybridized carbons (Fsp3) is 0.136. The van der Waals surface area contributed by atoms with Crippen molar-refractivity contribution in [2.75, 3.05) is 7.11 Å². The zero-order valence-electron chi connectivity index (χ0n) is 14.8. The third-order valence-electron chi connectivity index (χ3n) is 3.88. The summed E-state index contributed by atoms with van der Waals surface area (Å²) in [4.78, 5) is 12.2. The Kier molecular flexibility index (Phi) is 5.54. The van der Waals surface area contributed by atoms with E-state index in [1.807, 2.05) is 55.5 Å². The van der Waals surface area contributed by atoms with Crippen LogP contribution in [-0.4, -0.2) is 13.1 Å². The number of rotatable bonds is 6. The van der Waals surface area contributed by atoms with E-state index in [4.69, 9.17) is 14.2 Å². The molecule has 0 heterocycles. The molecule has 0 atom stereocenters. The van der Waals surface area contributed by atoms with Crippen molar-refractivity contribution in [2.45, 2.75) is 13.5 Å². The second kappa shape index (κ2) is 8.21. The molecular formula is C22H20O4. The third kappa shape index (κ3) is 4.42. The first-order valence-electron chi connectivity index (χ1n) is 8.29. The lowest BCUT2D eigenvalue weighted by atomic mass is 10.1. The molecule has 4 heteroatoms. The van der Waals surface area contributed by atoms with Crippen molar-refractivity contribution in [3.63, 3.8) is 0 Å². The maximum Gasteiger partial charge on any atom is 0.343 e. The molecule has 0 fully saturated rings. The summed E-state index contributed by atoms with van der Waals surface area (Å²) in [5.41, 5.74) is 2.55. The largest absolute Gasteiger partial charge is 0.493 e. The van der Waals surface area contributed by atoms with Crippen LogP contribution in [0.4, 0.5) is 0 Å². The van der Waals surface area contributed by atoms with Crippen LogP contribution in [0.3, 0.4) is 0 Å². The number of aryl methyl sites for hydroxylation is 1. The molecule has 132 valence electrons. The molecule has 0 amide bonds. The summed E-state index contributed by atoms with van der Waals surface area (Å²) in [6.07, 6.45) is 0. The average molecular weight is 348 g/mol. The molecule has 3 rings (SSSR count). The second-order valence-corrected chi connectivity index (χ2v) is 5.84. The van der Waals surface area contributed by atoms with Crippen LogP contribution >= 0.6 is 0 Å². The van der Waals surface area contributed by atoms with Gasteiger partial charge in [0, 0.05) is 0 Å². The van der Waals surface area contributed by atoms with Crippen LogP contribution in [0.1, 0.15) is 21.5 Å². The molecule has 0 aliphatic heterocycles. The molecule has 0 spiro atoms. The molecule has 0 N–H and O–H groups in total. The van der Waals surface area contributed by atoms with Gasteiger partial charge in [-0.2, -0.15) is 0 Å². The Hall–Kier alpha value is -3.27. The average Bonchev–Trinajstić information content (AvgIpc) is 2.68. The highest BCUT2D eigenvalue weighted by atomic mass is 16.5. The predicted molar refractivity (Wildman–Crippen MR) is 99.9 cm³/mol. The Morgan fingerprint density at radius 3 is 2.15 bits per heavy atom. The zero-order chi connectivity index (χ0) is 18.4. The van der Waals surface area contributed by atoms with Gasteiger partial charge in [-0.25, -0.2) is 4.79 Å². The normalized spacial score (nSPS) is 10.2. The smallest absolute Gasteiger partial charge is 0.343 e. The van der Waals surface area contributed by atoms with Gasteiger partial charge in [-0.15, -0.1) is 0 Å². The molecule has 0 aromatic heterocycles. The van der Waals surface area contributed by atoms with E-state index in [0.29, 0.717) is 29.4 Å². The summed E-state index contributed by atoms with van der Waals surface area (Å²) in [5.74, 6) is 1.51. The van der Waals surface area contributed by atoms with Crippen molar-refractivity contribution in [3.8, 4) is 17.2 Å². The fourth-order valence-corrected chi connectivity index (χ4v) is 2.41. The predicted octanol–water partition coefficient (Wildman–Crippen LogP) is 4.80. The van der Waals surface area contributed by atoms with Gasteiger partial charge in [0.1, 0.15) is 12.4 Å². The molecule has 0 unspecified atom stereocenters. The van der Waals surface area contributed by atoms with E-state index in [0.717, 1.165) is 11.1 Å². The minimum atomic E-state index is -0.383. The molecular weight excluding hydrogens is 328 g/mol. The van der Waals surface area contributed by atoms with Crippen LogP contribution in [0, 0.1) is 6.92 Å². The first-order valence-corrected chi connectivity index (χ1v) is 8.29. The Bertz CT molecular complexity index is 867. The van der Waals surface area contributed by atoms with Gasteiger partial charge in [0.15, 0.2) is 11.5 Å². The quantitative estimate of drug-likeness (QED) is 0.474. The lowest BCUT2D eigenvalue weighted by Gasteiger charge is -2.10. The van der Waals surface area contributed by atoms with Crippen LogP contribution < -0.4 is 14.2 Å². The number of ether oxygens (including phenoxy) is 3. The first-order chi connectivity index (χ1) is 12.7. The number of benzene rings is 3. The van der Waals surface area contributed by atoms with Crippen LogP contribution in [0.2, 0.25) is 0 Å². The number of para-hydroxylation sites is 2. The van der Waals surface area contributed by atoms with Gasteiger partial charge in [-0.3, -0.25) is 0 Å². The summed E-state index contributed by atoms with van der Waals surface area (Å²) in [6.45, 7) is 2.37. The minimum absolute atomic E-state index is 0.383. The SMILES string of the molecule is COc1ccccc1OCc1ccc(C(=O)Oc2ccc(C)cc2)cc1. The first kappa shape index (κ1) is 17.5. The molecule has 3 aromatic carbocycles. The standard InChI is InChI=1S/C22H20O4/c1-16-7-13-19(14-8-16)26-22(23)18-11-9-17(10-12-18)15-25-21-6-4-3-5-20(21)24-2/h3-14H,15H2,1-2H3. The Balaban J connectivity index is 1.61. The maximum absolute atomic E-state index is 12.2. The molecule has 3 aromatic rings. The van der Waals surface area contributed by atoms with Gasteiger partial charge < -0.3 is 14.2 Å². The molecule has 0 saturated carbocycles. The molecule has 0 radical (unpaired) electrons. The Morgan fingerprint density at radius 2 is 1.50 bits per heavy atom. The van der Waals surface area contributed by atoms with Gasteiger partial charge in [0.25, 0.3) is 0 Å². The Labute approximate surface area is 153 Å². The summed E-state index contributed by atoms with van der Waals surface area (Å²) in [6, 6.07) is 22.0. The van der Waals surface area contributed by atoms with Crippen LogP contribution in [0.5, 0.6) is 17.2 Å². The van der Waals surface area contributed by atoms with Crippen molar-refractivity contribution < 1.29 is 19.0 Å². The second-order valence-electron chi connectivity index (χ2n) is 5.84. The van der Waals surface area contributed by atoms with Gasteiger partial charge in [-0.1, -0.05) is 42.0 Å². The summed E-state index contributed by atoms with van der Waals surface area (Å²) >= 11 is 0. The number of esters is 1. The van der Waals surface area contributed by atoms with Gasteiger partial charge in [-0.05, 0) is 48.9 Å². The minimum Gasteiger partial charge on any atom is -0.493 e. The van der Waals surface area contributed by atoms with Gasteiger partial charge in [0.2, 0.25) is 0 Å². The van der Waals surface area contributed by atoms with E-state index in [9.17, 15) is 4.79 Å². The number of carbonyl (C=O) groups is 1. The highest BCUT2D eigenvalue weighted by Gasteiger charge is 2.09. The van der Waals surface area contributed by atoms with E-state index in [-0.39, 0.29) is 5.97 Å². The van der Waals surface area contributed by atoms with E-state index < -0.39 is 0 Å². The lowest BCUT2D eigenvalue weighted by molar-refractivity contribution is 0.0734. The summed E-state index contributed by atoms with van der Waals surface area (Å²) < 4.78 is 16.4. The number of hydrogen-bond acceptors (Lipinski definition) is 4. The van der Waals surface area contributed by atoms with Crippen molar-refractivity contribution in [3.05, 3.63) is 89.5 Å². The third-order valence-corrected chi connectivity index (χ3v) is 3.88. The molecule has 0 aliphatic carbocycles. The molecule has 4 nitrogen and oxygen atoms in total. The van der Waals surface area contributed by atoms with E-state index in [2.05, 4.69) is 0 Å². The lowest BCUT2D eigenvalue weighted by Crippen LogP contribution is -2.08. The van der Waals surface area contributed by atoms with Crippen LogP contribution in [-0.2, 0) is 6.61 Å². The summed E-state index contributed by atoms with van der Waals surface area (Å²) in [5, 5.41) is 0. The monoisotopic (exact) mass is 348 g/mol. The molecule has 0 bridgehead atoms. The van der Waals surface area contributed by atoms with Gasteiger partial charge in [0.05, 0.1) is 12.7 Å². The number of hydrogen-bond donors (Lipinski definition) is 0. The maximum atomic E-state index is 12.2. The number of methoxy groups -OCH3 is 1. The summed E-state index contributed by atoms with van der Waals surface area (Å²) in [7, 11) is 1.61. The van der Waals surface area contributed by atoms with E-state index in [1.165, 1.54) is 0 Å². The van der Waals surface area contributed by atoms with Crippen molar-refractivity contribution in [1.29, 1.82) is 0 Å². The number of carbonyl (C=O) groups excluding carboxylic acids is 1. The van der Waals surface area contributed by atoms with Crippen molar-refractivity contribution in [1.82, 2.24) is 0 Å². The van der Waals surface area contributed by atoms with Crippen LogP contribution in [0.25, 0.3) is 0 Å². The van der Waals surface area contributed by atoms with Crippen molar-refractivity contribution in [2.24, 2.45) is 0 Å². The molecule has 26 heavy (non-hydrogen) atoms.